The van der Waals surface area contributed by atoms with Gasteiger partial charge in [-0.3, -0.25) is 11.3 Å². The predicted molar refractivity (Wildman–Crippen MR) is 53.5 cm³/mol. The SMILES string of the molecule is C#CCOC1CC(NN)C(F)CC1Cl. The van der Waals surface area contributed by atoms with Gasteiger partial charge in [0.05, 0.1) is 17.5 Å². The molecule has 0 spiro atoms. The van der Waals surface area contributed by atoms with Crippen molar-refractivity contribution in [2.75, 3.05) is 6.61 Å². The lowest BCUT2D eigenvalue weighted by atomic mass is 9.91. The maximum absolute atomic E-state index is 13.3. The van der Waals surface area contributed by atoms with Crippen LogP contribution in [0.2, 0.25) is 0 Å². The highest BCUT2D eigenvalue weighted by molar-refractivity contribution is 6.21. The molecule has 4 unspecified atom stereocenters. The second-order valence-corrected chi connectivity index (χ2v) is 3.89. The van der Waals surface area contributed by atoms with Gasteiger partial charge in [0.1, 0.15) is 12.8 Å². The number of alkyl halides is 2. The van der Waals surface area contributed by atoms with E-state index in [2.05, 4.69) is 11.3 Å². The van der Waals surface area contributed by atoms with Crippen molar-refractivity contribution in [3.63, 3.8) is 0 Å². The van der Waals surface area contributed by atoms with Crippen LogP contribution in [0.15, 0.2) is 0 Å². The van der Waals surface area contributed by atoms with Gasteiger partial charge in [0.15, 0.2) is 0 Å². The molecule has 0 aromatic carbocycles. The van der Waals surface area contributed by atoms with Crippen LogP contribution in [0.3, 0.4) is 0 Å². The van der Waals surface area contributed by atoms with Crippen molar-refractivity contribution in [3.05, 3.63) is 0 Å². The molecule has 0 heterocycles. The average molecular weight is 221 g/mol. The summed E-state index contributed by atoms with van der Waals surface area (Å²) in [6.07, 6.45) is 4.51. The van der Waals surface area contributed by atoms with Crippen molar-refractivity contribution >= 4 is 11.6 Å². The second-order valence-electron chi connectivity index (χ2n) is 3.33. The lowest BCUT2D eigenvalue weighted by molar-refractivity contribution is 0.0187. The van der Waals surface area contributed by atoms with Crippen LogP contribution in [0.5, 0.6) is 0 Å². The third-order valence-corrected chi connectivity index (χ3v) is 2.83. The lowest BCUT2D eigenvalue weighted by Crippen LogP contribution is -2.51. The Bertz CT molecular complexity index is 221. The summed E-state index contributed by atoms with van der Waals surface area (Å²) in [5.41, 5.74) is 2.42. The second kappa shape index (κ2) is 5.52. The number of ether oxygens (including phenoxy) is 1. The van der Waals surface area contributed by atoms with Gasteiger partial charge in [-0.05, 0) is 12.8 Å². The van der Waals surface area contributed by atoms with E-state index in [9.17, 15) is 4.39 Å². The van der Waals surface area contributed by atoms with Gasteiger partial charge in [-0.1, -0.05) is 5.92 Å². The van der Waals surface area contributed by atoms with Crippen molar-refractivity contribution in [1.29, 1.82) is 0 Å². The van der Waals surface area contributed by atoms with Gasteiger partial charge in [0, 0.05) is 0 Å². The van der Waals surface area contributed by atoms with Crippen molar-refractivity contribution in [3.8, 4) is 12.3 Å². The molecule has 0 radical (unpaired) electrons. The van der Waals surface area contributed by atoms with Crippen molar-refractivity contribution in [2.24, 2.45) is 5.84 Å². The minimum absolute atomic E-state index is 0.197. The van der Waals surface area contributed by atoms with Crippen LogP contribution in [0.25, 0.3) is 0 Å². The van der Waals surface area contributed by atoms with E-state index in [0.717, 1.165) is 0 Å². The Kier molecular flexibility index (Phi) is 4.63. The monoisotopic (exact) mass is 220 g/mol. The largest absolute Gasteiger partial charge is 0.364 e. The van der Waals surface area contributed by atoms with Crippen LogP contribution >= 0.6 is 11.6 Å². The highest BCUT2D eigenvalue weighted by atomic mass is 35.5. The first-order valence-corrected chi connectivity index (χ1v) is 4.92. The Morgan fingerprint density at radius 3 is 2.93 bits per heavy atom. The highest BCUT2D eigenvalue weighted by Crippen LogP contribution is 2.27. The van der Waals surface area contributed by atoms with Crippen molar-refractivity contribution in [2.45, 2.75) is 36.5 Å². The lowest BCUT2D eigenvalue weighted by Gasteiger charge is -2.34. The standard InChI is InChI=1S/C9H14ClFN2O/c1-2-3-14-9-5-8(13-12)7(11)4-6(9)10/h1,6-9,13H,3-5,12H2. The minimum Gasteiger partial charge on any atom is -0.364 e. The van der Waals surface area contributed by atoms with Gasteiger partial charge in [-0.25, -0.2) is 4.39 Å². The topological polar surface area (TPSA) is 47.3 Å². The molecule has 1 aliphatic rings. The molecule has 0 aromatic rings. The van der Waals surface area contributed by atoms with Crippen LogP contribution in [-0.2, 0) is 4.74 Å². The highest BCUT2D eigenvalue weighted by Gasteiger charge is 2.36. The molecular weight excluding hydrogens is 207 g/mol. The first-order chi connectivity index (χ1) is 6.69. The van der Waals surface area contributed by atoms with E-state index in [0.29, 0.717) is 6.42 Å². The third-order valence-electron chi connectivity index (χ3n) is 2.37. The Morgan fingerprint density at radius 1 is 1.64 bits per heavy atom. The van der Waals surface area contributed by atoms with Crippen LogP contribution in [-0.4, -0.2) is 30.3 Å². The Hall–Kier alpha value is -0.340. The molecule has 14 heavy (non-hydrogen) atoms. The van der Waals surface area contributed by atoms with E-state index >= 15 is 0 Å². The summed E-state index contributed by atoms with van der Waals surface area (Å²) < 4.78 is 18.6. The summed E-state index contributed by atoms with van der Waals surface area (Å²) in [4.78, 5) is 0. The number of hydrogen-bond donors (Lipinski definition) is 2. The molecule has 3 N–H and O–H groups in total. The molecular formula is C9H14ClFN2O. The summed E-state index contributed by atoms with van der Waals surface area (Å²) >= 11 is 5.93. The summed E-state index contributed by atoms with van der Waals surface area (Å²) in [6.45, 7) is 0.197. The zero-order valence-electron chi connectivity index (χ0n) is 7.75. The number of hydrazine groups is 1. The fourth-order valence-corrected chi connectivity index (χ4v) is 1.92. The molecule has 0 bridgehead atoms. The molecule has 4 atom stereocenters. The molecule has 0 aliphatic heterocycles. The van der Waals surface area contributed by atoms with Gasteiger partial charge in [0.25, 0.3) is 0 Å². The molecule has 1 saturated carbocycles. The summed E-state index contributed by atoms with van der Waals surface area (Å²) in [5, 5.41) is -0.331. The predicted octanol–water partition coefficient (Wildman–Crippen LogP) is 0.576. The van der Waals surface area contributed by atoms with Crippen LogP contribution < -0.4 is 11.3 Å². The Labute approximate surface area is 88.1 Å². The fourth-order valence-electron chi connectivity index (χ4n) is 1.58. The zero-order valence-corrected chi connectivity index (χ0v) is 8.51. The maximum atomic E-state index is 13.3. The minimum atomic E-state index is -1.02. The van der Waals surface area contributed by atoms with E-state index in [1.54, 1.807) is 0 Å². The molecule has 1 rings (SSSR count). The quantitative estimate of drug-likeness (QED) is 0.317. The first-order valence-electron chi connectivity index (χ1n) is 4.48. The number of nitrogens with one attached hydrogen (secondary N) is 1. The fraction of sp³-hybridized carbons (Fsp3) is 0.778. The maximum Gasteiger partial charge on any atom is 0.118 e. The van der Waals surface area contributed by atoms with Gasteiger partial charge in [-0.15, -0.1) is 18.0 Å². The van der Waals surface area contributed by atoms with Crippen LogP contribution in [0.4, 0.5) is 4.39 Å². The average Bonchev–Trinajstić information content (AvgIpc) is 2.17. The van der Waals surface area contributed by atoms with Crippen LogP contribution in [0, 0.1) is 12.3 Å². The summed E-state index contributed by atoms with van der Waals surface area (Å²) in [5.74, 6) is 7.55. The van der Waals surface area contributed by atoms with Gasteiger partial charge >= 0.3 is 0 Å². The van der Waals surface area contributed by atoms with Gasteiger partial charge in [-0.2, -0.15) is 0 Å². The summed E-state index contributed by atoms with van der Waals surface area (Å²) in [7, 11) is 0. The molecule has 3 nitrogen and oxygen atoms in total. The summed E-state index contributed by atoms with van der Waals surface area (Å²) in [6, 6.07) is -0.396. The Morgan fingerprint density at radius 2 is 2.36 bits per heavy atom. The van der Waals surface area contributed by atoms with E-state index in [-0.39, 0.29) is 24.5 Å². The van der Waals surface area contributed by atoms with E-state index in [1.807, 2.05) is 0 Å². The zero-order chi connectivity index (χ0) is 10.6. The Balaban J connectivity index is 2.47. The smallest absolute Gasteiger partial charge is 0.118 e. The molecule has 1 fully saturated rings. The molecule has 1 aliphatic carbocycles. The first kappa shape index (κ1) is 11.7. The number of nitrogens with two attached hydrogens (primary N) is 1. The third kappa shape index (κ3) is 2.82. The van der Waals surface area contributed by atoms with Gasteiger partial charge in [0.2, 0.25) is 0 Å². The number of rotatable bonds is 3. The molecule has 0 amide bonds. The van der Waals surface area contributed by atoms with E-state index in [1.165, 1.54) is 0 Å². The van der Waals surface area contributed by atoms with Crippen molar-refractivity contribution < 1.29 is 9.13 Å². The molecule has 0 aromatic heterocycles. The number of terminal acetylenes is 1. The normalized spacial score (nSPS) is 37.9. The van der Waals surface area contributed by atoms with Gasteiger partial charge < -0.3 is 4.74 Å². The van der Waals surface area contributed by atoms with E-state index in [4.69, 9.17) is 28.6 Å². The van der Waals surface area contributed by atoms with Crippen molar-refractivity contribution in [1.82, 2.24) is 5.43 Å². The number of hydrogen-bond acceptors (Lipinski definition) is 3. The number of halogens is 2. The molecule has 80 valence electrons. The molecule has 0 saturated heterocycles. The van der Waals surface area contributed by atoms with Crippen LogP contribution in [0.1, 0.15) is 12.8 Å². The van der Waals surface area contributed by atoms with E-state index < -0.39 is 12.2 Å². The molecule has 5 heteroatoms.